The molecule has 0 saturated heterocycles. The van der Waals surface area contributed by atoms with Crippen molar-refractivity contribution in [3.8, 4) is 5.88 Å². The number of benzene rings is 1. The number of H-pyrrole nitrogens is 1. The van der Waals surface area contributed by atoms with E-state index in [1.807, 2.05) is 0 Å². The van der Waals surface area contributed by atoms with Crippen molar-refractivity contribution in [1.82, 2.24) is 9.97 Å². The molecule has 7 nitrogen and oxygen atoms in total. The van der Waals surface area contributed by atoms with E-state index in [-0.39, 0.29) is 5.82 Å². The first-order chi connectivity index (χ1) is 10.7. The third kappa shape index (κ3) is 3.73. The highest BCUT2D eigenvalue weighted by Gasteiger charge is 2.29. The van der Waals surface area contributed by atoms with Crippen LogP contribution in [0.2, 0.25) is 0 Å². The van der Waals surface area contributed by atoms with Gasteiger partial charge in [-0.05, 0) is 23.8 Å². The van der Waals surface area contributed by atoms with Crippen molar-refractivity contribution in [3.05, 3.63) is 61.7 Å². The Morgan fingerprint density at radius 2 is 1.83 bits per heavy atom. The lowest BCUT2D eigenvalue weighted by molar-refractivity contribution is -0.387. The molecule has 120 valence electrons. The number of nitro groups is 1. The fraction of sp³-hybridized carbons (Fsp3) is 0.0769. The van der Waals surface area contributed by atoms with Crippen molar-refractivity contribution in [3.63, 3.8) is 0 Å². The molecule has 2 aromatic rings. The van der Waals surface area contributed by atoms with Gasteiger partial charge in [0.05, 0.1) is 10.5 Å². The van der Waals surface area contributed by atoms with Crippen LogP contribution >= 0.6 is 0 Å². The Bertz CT molecular complexity index is 826. The van der Waals surface area contributed by atoms with Crippen molar-refractivity contribution in [2.24, 2.45) is 0 Å². The summed E-state index contributed by atoms with van der Waals surface area (Å²) in [4.78, 5) is 26.3. The van der Waals surface area contributed by atoms with Gasteiger partial charge in [-0.3, -0.25) is 14.9 Å². The van der Waals surface area contributed by atoms with Gasteiger partial charge in [0.15, 0.2) is 0 Å². The van der Waals surface area contributed by atoms with Gasteiger partial charge in [0.2, 0.25) is 0 Å². The van der Waals surface area contributed by atoms with Crippen molar-refractivity contribution in [2.75, 3.05) is 0 Å². The molecule has 2 N–H and O–H groups in total. The lowest BCUT2D eigenvalue weighted by Gasteiger charge is -2.05. The minimum Gasteiger partial charge on any atom is -0.488 e. The molecule has 0 bridgehead atoms. The van der Waals surface area contributed by atoms with E-state index in [2.05, 4.69) is 9.97 Å². The number of halogens is 3. The zero-order valence-electron chi connectivity index (χ0n) is 11.2. The van der Waals surface area contributed by atoms with Gasteiger partial charge < -0.3 is 10.1 Å². The van der Waals surface area contributed by atoms with Gasteiger partial charge in [-0.15, -0.1) is 0 Å². The average molecular weight is 327 g/mol. The molecule has 0 saturated carbocycles. The second-order valence-corrected chi connectivity index (χ2v) is 4.33. The van der Waals surface area contributed by atoms with Crippen molar-refractivity contribution in [1.29, 1.82) is 0 Å². The maximum atomic E-state index is 12.4. The van der Waals surface area contributed by atoms with Gasteiger partial charge in [0.25, 0.3) is 5.88 Å². The third-order valence-electron chi connectivity index (χ3n) is 2.75. The lowest BCUT2D eigenvalue weighted by atomic mass is 10.1. The highest BCUT2D eigenvalue weighted by molar-refractivity contribution is 5.67. The standard InChI is InChI=1S/C13H8F3N3O4/c14-13(15,16)8-4-1-7(2-5-8)3-6-9-17-11(20)10(19(22)23)12(21)18-9/h1-6H,(H2,17,18,20,21)/b6-3+. The lowest BCUT2D eigenvalue weighted by Crippen LogP contribution is -2.14. The number of alkyl halides is 3. The number of rotatable bonds is 3. The molecule has 0 aliphatic rings. The molecule has 1 aromatic heterocycles. The normalized spacial score (nSPS) is 11.8. The predicted octanol–water partition coefficient (Wildman–Crippen LogP) is 2.57. The highest BCUT2D eigenvalue weighted by Crippen LogP contribution is 2.29. The summed E-state index contributed by atoms with van der Waals surface area (Å²) in [6.45, 7) is 0. The summed E-state index contributed by atoms with van der Waals surface area (Å²) in [6, 6.07) is 4.15. The minimum absolute atomic E-state index is 0.182. The molecule has 0 atom stereocenters. The van der Waals surface area contributed by atoms with E-state index in [4.69, 9.17) is 0 Å². The summed E-state index contributed by atoms with van der Waals surface area (Å²) >= 11 is 0. The van der Waals surface area contributed by atoms with Gasteiger partial charge in [0.1, 0.15) is 5.82 Å². The minimum atomic E-state index is -4.45. The van der Waals surface area contributed by atoms with E-state index >= 15 is 0 Å². The molecule has 0 spiro atoms. The van der Waals surface area contributed by atoms with Crippen molar-refractivity contribution < 1.29 is 23.2 Å². The molecule has 1 heterocycles. The summed E-state index contributed by atoms with van der Waals surface area (Å²) in [6.07, 6.45) is -1.93. The maximum Gasteiger partial charge on any atom is 0.416 e. The van der Waals surface area contributed by atoms with Crippen LogP contribution in [-0.4, -0.2) is 20.0 Å². The molecule has 0 radical (unpaired) electrons. The predicted molar refractivity (Wildman–Crippen MR) is 73.5 cm³/mol. The number of hydrogen-bond acceptors (Lipinski definition) is 5. The van der Waals surface area contributed by atoms with Crippen LogP contribution in [0, 0.1) is 10.1 Å². The summed E-state index contributed by atoms with van der Waals surface area (Å²) in [5.74, 6) is -1.23. The molecule has 0 aliphatic heterocycles. The summed E-state index contributed by atoms with van der Waals surface area (Å²) in [7, 11) is 0. The largest absolute Gasteiger partial charge is 0.488 e. The fourth-order valence-corrected chi connectivity index (χ4v) is 1.67. The van der Waals surface area contributed by atoms with Crippen LogP contribution in [0.5, 0.6) is 5.88 Å². The average Bonchev–Trinajstić information content (AvgIpc) is 2.43. The summed E-state index contributed by atoms with van der Waals surface area (Å²) in [5, 5.41) is 19.9. The molecular weight excluding hydrogens is 319 g/mol. The molecule has 1 aromatic carbocycles. The van der Waals surface area contributed by atoms with Gasteiger partial charge in [-0.1, -0.05) is 18.2 Å². The molecule has 0 aliphatic carbocycles. The van der Waals surface area contributed by atoms with Crippen LogP contribution < -0.4 is 5.56 Å². The second-order valence-electron chi connectivity index (χ2n) is 4.33. The second kappa shape index (κ2) is 5.91. The first-order valence-corrected chi connectivity index (χ1v) is 6.01. The Kier molecular flexibility index (Phi) is 4.16. The van der Waals surface area contributed by atoms with Gasteiger partial charge in [-0.2, -0.15) is 18.2 Å². The molecule has 0 amide bonds. The van der Waals surface area contributed by atoms with E-state index in [1.165, 1.54) is 24.3 Å². The zero-order valence-corrected chi connectivity index (χ0v) is 11.2. The van der Waals surface area contributed by atoms with Crippen LogP contribution in [0.1, 0.15) is 17.0 Å². The van der Waals surface area contributed by atoms with Gasteiger partial charge in [0, 0.05) is 0 Å². The van der Waals surface area contributed by atoms with Crippen molar-refractivity contribution in [2.45, 2.75) is 6.18 Å². The van der Waals surface area contributed by atoms with E-state index in [9.17, 15) is 33.2 Å². The third-order valence-corrected chi connectivity index (χ3v) is 2.75. The SMILES string of the molecule is O=c1[nH]c(/C=C/c2ccc(C(F)(F)F)cc2)nc(O)c1[N+](=O)[O-]. The summed E-state index contributed by atoms with van der Waals surface area (Å²) in [5.41, 5.74) is -2.67. The molecule has 23 heavy (non-hydrogen) atoms. The monoisotopic (exact) mass is 327 g/mol. The molecule has 2 rings (SSSR count). The first-order valence-electron chi connectivity index (χ1n) is 6.01. The number of nitrogens with zero attached hydrogens (tertiary/aromatic N) is 2. The Labute approximate surface area is 125 Å². The first kappa shape index (κ1) is 16.2. The number of hydrogen-bond donors (Lipinski definition) is 2. The van der Waals surface area contributed by atoms with E-state index in [0.29, 0.717) is 5.56 Å². The Morgan fingerprint density at radius 3 is 2.30 bits per heavy atom. The van der Waals surface area contributed by atoms with Gasteiger partial charge in [-0.25, -0.2) is 0 Å². The van der Waals surface area contributed by atoms with E-state index in [1.54, 1.807) is 0 Å². The van der Waals surface area contributed by atoms with Crippen LogP contribution in [0.4, 0.5) is 18.9 Å². The Hall–Kier alpha value is -3.17. The van der Waals surface area contributed by atoms with Gasteiger partial charge >= 0.3 is 17.4 Å². The molecule has 0 fully saturated rings. The molecule has 10 heteroatoms. The Balaban J connectivity index is 2.27. The molecular formula is C13H8F3N3O4. The van der Waals surface area contributed by atoms with Crippen LogP contribution in [0.25, 0.3) is 12.2 Å². The molecule has 0 unspecified atom stereocenters. The van der Waals surface area contributed by atoms with E-state index < -0.39 is 33.8 Å². The van der Waals surface area contributed by atoms with Crippen molar-refractivity contribution >= 4 is 17.8 Å². The smallest absolute Gasteiger partial charge is 0.416 e. The fourth-order valence-electron chi connectivity index (χ4n) is 1.67. The number of nitrogens with one attached hydrogen (secondary N) is 1. The van der Waals surface area contributed by atoms with Crippen LogP contribution in [0.15, 0.2) is 29.1 Å². The quantitative estimate of drug-likeness (QED) is 0.665. The van der Waals surface area contributed by atoms with E-state index in [0.717, 1.165) is 12.1 Å². The topological polar surface area (TPSA) is 109 Å². The summed E-state index contributed by atoms with van der Waals surface area (Å²) < 4.78 is 37.2. The number of aromatic nitrogens is 2. The van der Waals surface area contributed by atoms with Crippen LogP contribution in [-0.2, 0) is 6.18 Å². The highest BCUT2D eigenvalue weighted by atomic mass is 19.4. The maximum absolute atomic E-state index is 12.4. The van der Waals surface area contributed by atoms with Crippen LogP contribution in [0.3, 0.4) is 0 Å². The number of aromatic hydroxyl groups is 1. The zero-order chi connectivity index (χ0) is 17.2. The number of aromatic amines is 1. The Morgan fingerprint density at radius 1 is 1.22 bits per heavy atom.